The fourth-order valence-electron chi connectivity index (χ4n) is 2.92. The highest BCUT2D eigenvalue weighted by Gasteiger charge is 2.36. The van der Waals surface area contributed by atoms with E-state index in [-0.39, 0.29) is 29.4 Å². The van der Waals surface area contributed by atoms with Crippen LogP contribution >= 0.6 is 34.7 Å². The Hall–Kier alpha value is -1.67. The predicted molar refractivity (Wildman–Crippen MR) is 100 cm³/mol. The van der Waals surface area contributed by atoms with Gasteiger partial charge in [-0.25, -0.2) is 9.37 Å². The molecule has 1 N–H and O–H groups in total. The van der Waals surface area contributed by atoms with Crippen LogP contribution < -0.4 is 0 Å². The Morgan fingerprint density at radius 1 is 1.38 bits per heavy atom. The Morgan fingerprint density at radius 3 is 3.00 bits per heavy atom. The lowest BCUT2D eigenvalue weighted by atomic mass is 10.0. The van der Waals surface area contributed by atoms with Crippen LogP contribution in [0.1, 0.15) is 34.3 Å². The molecule has 2 atom stereocenters. The van der Waals surface area contributed by atoms with Gasteiger partial charge in [-0.15, -0.1) is 23.1 Å². The second-order valence-electron chi connectivity index (χ2n) is 5.85. The molecular weight excluding hydrogens is 395 g/mol. The smallest absolute Gasteiger partial charge is 0.199 e. The molecule has 4 rings (SSSR count). The van der Waals surface area contributed by atoms with Gasteiger partial charge in [-0.05, 0) is 35.2 Å². The lowest BCUT2D eigenvalue weighted by molar-refractivity contribution is 0.0374. The molecule has 26 heavy (non-hydrogen) atoms. The van der Waals surface area contributed by atoms with E-state index in [1.165, 1.54) is 35.2 Å². The molecule has 8 heteroatoms. The summed E-state index contributed by atoms with van der Waals surface area (Å²) in [6.45, 7) is 0.314. The van der Waals surface area contributed by atoms with E-state index in [1.54, 1.807) is 18.5 Å². The minimum atomic E-state index is -0.388. The number of H-pyrrole nitrogens is 1. The molecule has 3 heterocycles. The SMILES string of the molecule is O=C(C[C@@H]1Sc2ccc(F)cc2[C@@H]1OCc1ccsc1Cl)c1ncc[nH]1. The number of aromatic nitrogens is 2. The van der Waals surface area contributed by atoms with Gasteiger partial charge in [0.2, 0.25) is 0 Å². The summed E-state index contributed by atoms with van der Waals surface area (Å²) in [5.41, 5.74) is 1.67. The van der Waals surface area contributed by atoms with E-state index in [0.29, 0.717) is 16.8 Å². The molecule has 0 aliphatic carbocycles. The fraction of sp³-hybridized carbons (Fsp3) is 0.222. The van der Waals surface area contributed by atoms with Gasteiger partial charge >= 0.3 is 0 Å². The number of thioether (sulfide) groups is 1. The van der Waals surface area contributed by atoms with E-state index < -0.39 is 0 Å². The number of imidazole rings is 1. The van der Waals surface area contributed by atoms with Crippen LogP contribution in [0.15, 0.2) is 46.9 Å². The highest BCUT2D eigenvalue weighted by atomic mass is 35.5. The van der Waals surface area contributed by atoms with Crippen molar-refractivity contribution in [2.24, 2.45) is 0 Å². The molecule has 1 aliphatic rings. The molecule has 0 bridgehead atoms. The average Bonchev–Trinajstić information content (AvgIpc) is 3.34. The molecule has 0 radical (unpaired) electrons. The van der Waals surface area contributed by atoms with Crippen LogP contribution in [0.2, 0.25) is 4.34 Å². The van der Waals surface area contributed by atoms with Crippen molar-refractivity contribution in [3.8, 4) is 0 Å². The Morgan fingerprint density at radius 2 is 2.27 bits per heavy atom. The normalized spacial score (nSPS) is 18.8. The van der Waals surface area contributed by atoms with E-state index in [9.17, 15) is 9.18 Å². The number of ether oxygens (including phenoxy) is 1. The van der Waals surface area contributed by atoms with Gasteiger partial charge in [0, 0.05) is 34.5 Å². The molecule has 0 saturated carbocycles. The molecule has 3 aromatic rings. The minimum absolute atomic E-state index is 0.0945. The second-order valence-corrected chi connectivity index (χ2v) is 8.65. The van der Waals surface area contributed by atoms with Crippen molar-refractivity contribution in [1.82, 2.24) is 9.97 Å². The van der Waals surface area contributed by atoms with Crippen LogP contribution in [0.3, 0.4) is 0 Å². The van der Waals surface area contributed by atoms with Crippen molar-refractivity contribution >= 4 is 40.5 Å². The van der Waals surface area contributed by atoms with Crippen LogP contribution in [-0.2, 0) is 11.3 Å². The van der Waals surface area contributed by atoms with Crippen molar-refractivity contribution < 1.29 is 13.9 Å². The number of nitrogens with one attached hydrogen (secondary N) is 1. The molecular formula is C18H14ClFN2O2S2. The lowest BCUT2D eigenvalue weighted by Gasteiger charge is -2.19. The van der Waals surface area contributed by atoms with Crippen molar-refractivity contribution in [1.29, 1.82) is 0 Å². The topological polar surface area (TPSA) is 55.0 Å². The second kappa shape index (κ2) is 7.52. The van der Waals surface area contributed by atoms with Gasteiger partial charge in [-0.1, -0.05) is 11.6 Å². The zero-order valence-electron chi connectivity index (χ0n) is 13.4. The van der Waals surface area contributed by atoms with Gasteiger partial charge in [-0.3, -0.25) is 4.79 Å². The summed E-state index contributed by atoms with van der Waals surface area (Å²) in [6.07, 6.45) is 3.02. The quantitative estimate of drug-likeness (QED) is 0.564. The third kappa shape index (κ3) is 3.57. The first kappa shape index (κ1) is 17.7. The number of carbonyl (C=O) groups excluding carboxylic acids is 1. The zero-order valence-corrected chi connectivity index (χ0v) is 15.8. The average molecular weight is 409 g/mol. The summed E-state index contributed by atoms with van der Waals surface area (Å²) in [5, 5.41) is 1.75. The standard InChI is InChI=1S/C18H14ClFN2O2S2/c19-17-10(3-6-25-17)9-24-16-12-7-11(20)1-2-14(12)26-15(16)8-13(23)18-21-4-5-22-18/h1-7,15-16H,8-9H2,(H,21,22)/t15-,16-/m0/s1. The fourth-order valence-corrected chi connectivity index (χ4v) is 5.19. The maximum atomic E-state index is 13.8. The van der Waals surface area contributed by atoms with Crippen molar-refractivity contribution in [2.75, 3.05) is 0 Å². The number of nitrogens with zero attached hydrogens (tertiary/aromatic N) is 1. The molecule has 0 amide bonds. The number of Topliss-reactive ketones (excluding diaryl/α,β-unsaturated/α-hetero) is 1. The maximum Gasteiger partial charge on any atom is 0.199 e. The third-order valence-corrected chi connectivity index (χ3v) is 6.75. The number of hydrogen-bond acceptors (Lipinski definition) is 5. The van der Waals surface area contributed by atoms with E-state index >= 15 is 0 Å². The van der Waals surface area contributed by atoms with E-state index in [0.717, 1.165) is 16.0 Å². The van der Waals surface area contributed by atoms with Crippen LogP contribution in [0.25, 0.3) is 0 Å². The van der Waals surface area contributed by atoms with Gasteiger partial charge < -0.3 is 9.72 Å². The minimum Gasteiger partial charge on any atom is -0.368 e. The van der Waals surface area contributed by atoms with Gasteiger partial charge in [0.1, 0.15) is 5.82 Å². The largest absolute Gasteiger partial charge is 0.368 e. The molecule has 134 valence electrons. The Balaban J connectivity index is 1.56. The molecule has 0 saturated heterocycles. The summed E-state index contributed by atoms with van der Waals surface area (Å²) >= 11 is 9.12. The highest BCUT2D eigenvalue weighted by molar-refractivity contribution is 8.00. The third-order valence-electron chi connectivity index (χ3n) is 4.15. The van der Waals surface area contributed by atoms with E-state index in [2.05, 4.69) is 9.97 Å². The highest BCUT2D eigenvalue weighted by Crippen LogP contribution is 2.48. The van der Waals surface area contributed by atoms with Crippen LogP contribution in [0.4, 0.5) is 4.39 Å². The van der Waals surface area contributed by atoms with Gasteiger partial charge in [-0.2, -0.15) is 0 Å². The van der Waals surface area contributed by atoms with Crippen LogP contribution in [0, 0.1) is 5.82 Å². The molecule has 0 spiro atoms. The van der Waals surface area contributed by atoms with Crippen LogP contribution in [0.5, 0.6) is 0 Å². The molecule has 4 nitrogen and oxygen atoms in total. The zero-order chi connectivity index (χ0) is 18.1. The number of thiophene rings is 1. The van der Waals surface area contributed by atoms with Crippen LogP contribution in [-0.4, -0.2) is 21.0 Å². The van der Waals surface area contributed by atoms with Crippen molar-refractivity contribution in [2.45, 2.75) is 29.3 Å². The number of ketones is 1. The summed E-state index contributed by atoms with van der Waals surface area (Å²) in [6, 6.07) is 6.56. The summed E-state index contributed by atoms with van der Waals surface area (Å²) in [7, 11) is 0. The predicted octanol–water partition coefficient (Wildman–Crippen LogP) is 5.27. The number of benzene rings is 1. The summed E-state index contributed by atoms with van der Waals surface area (Å²) in [5.74, 6) is -0.0835. The lowest BCUT2D eigenvalue weighted by Crippen LogP contribution is -2.19. The first-order valence-corrected chi connectivity index (χ1v) is 10.1. The van der Waals surface area contributed by atoms with Crippen molar-refractivity contribution in [3.05, 3.63) is 69.1 Å². The Kier molecular flexibility index (Phi) is 5.13. The van der Waals surface area contributed by atoms with E-state index in [1.807, 2.05) is 11.4 Å². The van der Waals surface area contributed by atoms with Gasteiger partial charge in [0.15, 0.2) is 11.6 Å². The Labute approximate surface area is 162 Å². The molecule has 2 aromatic heterocycles. The molecule has 0 fully saturated rings. The monoisotopic (exact) mass is 408 g/mol. The summed E-state index contributed by atoms with van der Waals surface area (Å²) < 4.78 is 20.5. The number of halogens is 2. The number of carbonyl (C=O) groups is 1. The van der Waals surface area contributed by atoms with Gasteiger partial charge in [0.25, 0.3) is 0 Å². The van der Waals surface area contributed by atoms with E-state index in [4.69, 9.17) is 16.3 Å². The first-order valence-electron chi connectivity index (χ1n) is 7.94. The number of fused-ring (bicyclic) bond motifs is 1. The Bertz CT molecular complexity index is 929. The first-order chi connectivity index (χ1) is 12.6. The molecule has 0 unspecified atom stereocenters. The number of hydrogen-bond donors (Lipinski definition) is 1. The molecule has 1 aromatic carbocycles. The molecule has 1 aliphatic heterocycles. The number of rotatable bonds is 6. The maximum absolute atomic E-state index is 13.8. The van der Waals surface area contributed by atoms with Gasteiger partial charge in [0.05, 0.1) is 17.0 Å². The summed E-state index contributed by atoms with van der Waals surface area (Å²) in [4.78, 5) is 20.2. The van der Waals surface area contributed by atoms with Crippen molar-refractivity contribution in [3.63, 3.8) is 0 Å². The number of aromatic amines is 1.